The molecule has 5 N–H and O–H groups in total. The topological polar surface area (TPSA) is 129 Å². The summed E-state index contributed by atoms with van der Waals surface area (Å²) in [5.41, 5.74) is 12.9. The van der Waals surface area contributed by atoms with Gasteiger partial charge in [0.1, 0.15) is 5.75 Å². The molecule has 1 aromatic carbocycles. The van der Waals surface area contributed by atoms with Gasteiger partial charge in [0.05, 0.1) is 29.2 Å². The van der Waals surface area contributed by atoms with E-state index in [0.717, 1.165) is 0 Å². The van der Waals surface area contributed by atoms with Gasteiger partial charge in [0.15, 0.2) is 5.75 Å². The van der Waals surface area contributed by atoms with Crippen LogP contribution in [0.3, 0.4) is 0 Å². The summed E-state index contributed by atoms with van der Waals surface area (Å²) in [4.78, 5) is 22.3. The van der Waals surface area contributed by atoms with E-state index in [1.165, 1.54) is 13.3 Å². The number of hydrogen-bond donors (Lipinski definition) is 3. The van der Waals surface area contributed by atoms with Crippen molar-refractivity contribution in [1.29, 1.82) is 0 Å². The summed E-state index contributed by atoms with van der Waals surface area (Å²) in [6.45, 7) is 0. The van der Waals surface area contributed by atoms with Crippen molar-refractivity contribution in [1.82, 2.24) is 15.0 Å². The second-order valence-electron chi connectivity index (χ2n) is 4.97. The number of ether oxygens (including phenoxy) is 2. The number of H-pyrrole nitrogens is 1. The van der Waals surface area contributed by atoms with Crippen molar-refractivity contribution in [2.75, 3.05) is 12.8 Å². The highest BCUT2D eigenvalue weighted by Crippen LogP contribution is 2.40. The third-order valence-electron chi connectivity index (χ3n) is 3.39. The number of nitrogens with one attached hydrogen (secondary N) is 1. The molecule has 0 aliphatic heterocycles. The second-order valence-corrected chi connectivity index (χ2v) is 5.34. The normalized spacial score (nSPS) is 10.5. The molecule has 0 radical (unpaired) electrons. The largest absolute Gasteiger partial charge is 0.495 e. The van der Waals surface area contributed by atoms with Crippen LogP contribution in [0.1, 0.15) is 0 Å². The van der Waals surface area contributed by atoms with Gasteiger partial charge in [-0.15, -0.1) is 0 Å². The molecule has 0 bridgehead atoms. The first-order valence-electron chi connectivity index (χ1n) is 7.11. The van der Waals surface area contributed by atoms with Crippen molar-refractivity contribution in [3.8, 4) is 34.1 Å². The highest BCUT2D eigenvalue weighted by molar-refractivity contribution is 6.34. The van der Waals surface area contributed by atoms with Crippen LogP contribution in [-0.2, 0) is 0 Å². The third-order valence-corrected chi connectivity index (χ3v) is 3.78. The number of methoxy groups -OCH3 is 1. The van der Waals surface area contributed by atoms with E-state index in [-0.39, 0.29) is 11.7 Å². The number of amides is 1. The Morgan fingerprint density at radius 2 is 2.08 bits per heavy atom. The Hall–Kier alpha value is -3.26. The van der Waals surface area contributed by atoms with Crippen LogP contribution in [0.4, 0.5) is 10.7 Å². The summed E-state index contributed by atoms with van der Waals surface area (Å²) in [6, 6.07) is 8.47. The molecule has 3 rings (SSSR count). The van der Waals surface area contributed by atoms with Gasteiger partial charge < -0.3 is 25.9 Å². The first-order valence-corrected chi connectivity index (χ1v) is 7.49. The number of aromatic amines is 1. The minimum Gasteiger partial charge on any atom is -0.495 e. The molecule has 2 heterocycles. The monoisotopic (exact) mass is 359 g/mol. The van der Waals surface area contributed by atoms with E-state index in [0.29, 0.717) is 33.4 Å². The van der Waals surface area contributed by atoms with Gasteiger partial charge in [-0.2, -0.15) is 0 Å². The molecular formula is C16H14ClN5O3. The van der Waals surface area contributed by atoms with Crippen LogP contribution in [0, 0.1) is 0 Å². The highest BCUT2D eigenvalue weighted by atomic mass is 35.5. The standard InChI is InChI=1S/C16H14ClN5O3/c1-24-11-4-2-3-8(13(11)17)14-12(25-16(19)23)7-10(21-14)9-5-6-20-15(18)22-9/h2-7,21H,1H3,(H2,19,23)(H2,18,20,22). The molecule has 3 aromatic rings. The lowest BCUT2D eigenvalue weighted by Crippen LogP contribution is -2.16. The third kappa shape index (κ3) is 3.33. The highest BCUT2D eigenvalue weighted by Gasteiger charge is 2.19. The van der Waals surface area contributed by atoms with Crippen LogP contribution >= 0.6 is 11.6 Å². The molecule has 0 saturated heterocycles. The van der Waals surface area contributed by atoms with Crippen LogP contribution < -0.4 is 20.9 Å². The molecule has 0 aliphatic rings. The fraction of sp³-hybridized carbons (Fsp3) is 0.0625. The van der Waals surface area contributed by atoms with E-state index >= 15 is 0 Å². The number of anilines is 1. The second kappa shape index (κ2) is 6.70. The Morgan fingerprint density at radius 1 is 1.28 bits per heavy atom. The Balaban J connectivity index is 2.17. The van der Waals surface area contributed by atoms with Crippen molar-refractivity contribution < 1.29 is 14.3 Å². The Labute approximate surface area is 147 Å². The Bertz CT molecular complexity index is 941. The molecular weight excluding hydrogens is 346 g/mol. The van der Waals surface area contributed by atoms with Gasteiger partial charge in [0.25, 0.3) is 0 Å². The molecule has 128 valence electrons. The van der Waals surface area contributed by atoms with Crippen molar-refractivity contribution >= 4 is 23.6 Å². The van der Waals surface area contributed by atoms with Crippen LogP contribution in [0.15, 0.2) is 36.5 Å². The fourth-order valence-electron chi connectivity index (χ4n) is 2.35. The molecule has 0 saturated carbocycles. The zero-order valence-electron chi connectivity index (χ0n) is 13.1. The number of aromatic nitrogens is 3. The number of primary amides is 1. The van der Waals surface area contributed by atoms with E-state index in [1.807, 2.05) is 0 Å². The predicted octanol–water partition coefficient (Wildman–Crippen LogP) is 2.84. The summed E-state index contributed by atoms with van der Waals surface area (Å²) < 4.78 is 10.3. The first-order chi connectivity index (χ1) is 12.0. The molecule has 0 atom stereocenters. The van der Waals surface area contributed by atoms with Crippen LogP contribution in [0.5, 0.6) is 11.5 Å². The van der Waals surface area contributed by atoms with Crippen molar-refractivity contribution in [2.45, 2.75) is 0 Å². The molecule has 25 heavy (non-hydrogen) atoms. The number of benzene rings is 1. The average molecular weight is 360 g/mol. The lowest BCUT2D eigenvalue weighted by Gasteiger charge is -2.09. The molecule has 0 aliphatic carbocycles. The number of carbonyl (C=O) groups is 1. The maximum absolute atomic E-state index is 11.2. The van der Waals surface area contributed by atoms with E-state index in [4.69, 9.17) is 32.5 Å². The van der Waals surface area contributed by atoms with Crippen molar-refractivity contribution in [3.63, 3.8) is 0 Å². The molecule has 2 aromatic heterocycles. The number of nitrogens with zero attached hydrogens (tertiary/aromatic N) is 2. The summed E-state index contributed by atoms with van der Waals surface area (Å²) in [6.07, 6.45) is 0.568. The van der Waals surface area contributed by atoms with E-state index < -0.39 is 6.09 Å². The number of carbonyl (C=O) groups excluding carboxylic acids is 1. The molecule has 9 heteroatoms. The first kappa shape index (κ1) is 16.6. The van der Waals surface area contributed by atoms with Gasteiger partial charge in [-0.25, -0.2) is 14.8 Å². The SMILES string of the molecule is COc1cccc(-c2[nH]c(-c3ccnc(N)n3)cc2OC(N)=O)c1Cl. The number of hydrogen-bond acceptors (Lipinski definition) is 6. The van der Waals surface area contributed by atoms with E-state index in [1.54, 1.807) is 30.3 Å². The molecule has 0 fully saturated rings. The lowest BCUT2D eigenvalue weighted by molar-refractivity contribution is 0.211. The number of nitrogens with two attached hydrogens (primary N) is 2. The maximum atomic E-state index is 11.2. The number of halogens is 1. The lowest BCUT2D eigenvalue weighted by atomic mass is 10.1. The quantitative estimate of drug-likeness (QED) is 0.656. The minimum atomic E-state index is -0.951. The summed E-state index contributed by atoms with van der Waals surface area (Å²) >= 11 is 6.37. The van der Waals surface area contributed by atoms with E-state index in [9.17, 15) is 4.79 Å². The van der Waals surface area contributed by atoms with Gasteiger partial charge in [-0.05, 0) is 12.1 Å². The van der Waals surface area contributed by atoms with Gasteiger partial charge in [-0.1, -0.05) is 23.7 Å². The zero-order valence-corrected chi connectivity index (χ0v) is 13.9. The van der Waals surface area contributed by atoms with Gasteiger partial charge >= 0.3 is 6.09 Å². The number of nitrogen functional groups attached to an aromatic ring is 1. The van der Waals surface area contributed by atoms with Crippen molar-refractivity contribution in [3.05, 3.63) is 41.6 Å². The summed E-state index contributed by atoms with van der Waals surface area (Å²) in [5.74, 6) is 0.798. The molecule has 8 nitrogen and oxygen atoms in total. The van der Waals surface area contributed by atoms with Crippen LogP contribution in [-0.4, -0.2) is 28.2 Å². The minimum absolute atomic E-state index is 0.116. The zero-order chi connectivity index (χ0) is 18.0. The summed E-state index contributed by atoms with van der Waals surface area (Å²) in [7, 11) is 1.51. The maximum Gasteiger partial charge on any atom is 0.410 e. The van der Waals surface area contributed by atoms with Crippen LogP contribution in [0.25, 0.3) is 22.6 Å². The van der Waals surface area contributed by atoms with Crippen LogP contribution in [0.2, 0.25) is 5.02 Å². The fourth-order valence-corrected chi connectivity index (χ4v) is 2.65. The smallest absolute Gasteiger partial charge is 0.410 e. The Kier molecular flexibility index (Phi) is 4.44. The van der Waals surface area contributed by atoms with Crippen molar-refractivity contribution in [2.24, 2.45) is 5.73 Å². The predicted molar refractivity (Wildman–Crippen MR) is 93.4 cm³/mol. The van der Waals surface area contributed by atoms with E-state index in [2.05, 4.69) is 15.0 Å². The van der Waals surface area contributed by atoms with Gasteiger partial charge in [0.2, 0.25) is 5.95 Å². The average Bonchev–Trinajstić information content (AvgIpc) is 2.98. The molecule has 0 spiro atoms. The van der Waals surface area contributed by atoms with Gasteiger partial charge in [-0.3, -0.25) is 0 Å². The number of rotatable bonds is 4. The molecule has 0 unspecified atom stereocenters. The van der Waals surface area contributed by atoms with Gasteiger partial charge in [0, 0.05) is 17.8 Å². The Morgan fingerprint density at radius 3 is 2.76 bits per heavy atom. The summed E-state index contributed by atoms with van der Waals surface area (Å²) in [5, 5.41) is 0.356. The molecule has 1 amide bonds.